The van der Waals surface area contributed by atoms with Crippen LogP contribution < -0.4 is 5.32 Å². The molecule has 184 valence electrons. The summed E-state index contributed by atoms with van der Waals surface area (Å²) in [4.78, 5) is 29.2. The number of carbonyl (C=O) groups excluding carboxylic acids is 2. The average molecular weight is 471 g/mol. The number of amides is 2. The largest absolute Gasteiger partial charge is 0.350 e. The molecule has 0 fully saturated rings. The number of carbonyl (C=O) groups is 2. The van der Waals surface area contributed by atoms with Gasteiger partial charge in [0.05, 0.1) is 6.42 Å². The number of hydrogen-bond donors (Lipinski definition) is 1. The minimum Gasteiger partial charge on any atom is -0.350 e. The lowest BCUT2D eigenvalue weighted by molar-refractivity contribution is -0.141. The van der Waals surface area contributed by atoms with Crippen LogP contribution in [0.2, 0.25) is 0 Å². The molecular formula is C31H38N2O2. The fourth-order valence-electron chi connectivity index (χ4n) is 4.34. The van der Waals surface area contributed by atoms with Crippen LogP contribution in [-0.2, 0) is 29.0 Å². The van der Waals surface area contributed by atoms with Crippen molar-refractivity contribution in [1.82, 2.24) is 10.2 Å². The highest BCUT2D eigenvalue weighted by Gasteiger charge is 2.32. The number of nitrogens with one attached hydrogen (secondary N) is 1. The van der Waals surface area contributed by atoms with E-state index in [1.54, 1.807) is 4.90 Å². The van der Waals surface area contributed by atoms with Crippen LogP contribution in [0.5, 0.6) is 0 Å². The maximum Gasteiger partial charge on any atom is 0.243 e. The third-order valence-electron chi connectivity index (χ3n) is 5.88. The zero-order chi connectivity index (χ0) is 25.6. The number of hydrogen-bond acceptors (Lipinski definition) is 2. The van der Waals surface area contributed by atoms with Gasteiger partial charge in [-0.15, -0.1) is 0 Å². The van der Waals surface area contributed by atoms with Crippen LogP contribution in [0.1, 0.15) is 54.2 Å². The Labute approximate surface area is 210 Å². The van der Waals surface area contributed by atoms with E-state index in [0.717, 1.165) is 33.4 Å². The molecule has 3 rings (SSSR count). The van der Waals surface area contributed by atoms with Crippen LogP contribution in [0, 0.1) is 20.8 Å². The molecule has 2 amide bonds. The van der Waals surface area contributed by atoms with Crippen LogP contribution in [0.25, 0.3) is 0 Å². The van der Waals surface area contributed by atoms with Crippen molar-refractivity contribution in [3.8, 4) is 0 Å². The van der Waals surface area contributed by atoms with E-state index >= 15 is 0 Å². The normalized spacial score (nSPS) is 12.2. The van der Waals surface area contributed by atoms with Crippen molar-refractivity contribution >= 4 is 11.8 Å². The molecule has 0 saturated heterocycles. The van der Waals surface area contributed by atoms with Gasteiger partial charge in [0.2, 0.25) is 11.8 Å². The maximum atomic E-state index is 13.9. The summed E-state index contributed by atoms with van der Waals surface area (Å²) in [5.74, 6) is -0.192. The van der Waals surface area contributed by atoms with Crippen LogP contribution in [0.15, 0.2) is 72.8 Å². The number of aryl methyl sites for hydroxylation is 3. The third-order valence-corrected chi connectivity index (χ3v) is 5.88. The van der Waals surface area contributed by atoms with Crippen molar-refractivity contribution in [2.45, 2.75) is 72.5 Å². The lowest BCUT2D eigenvalue weighted by atomic mass is 9.99. The molecular weight excluding hydrogens is 432 g/mol. The topological polar surface area (TPSA) is 49.4 Å². The first-order chi connectivity index (χ1) is 16.5. The van der Waals surface area contributed by atoms with Gasteiger partial charge in [-0.05, 0) is 58.2 Å². The first-order valence-corrected chi connectivity index (χ1v) is 12.3. The van der Waals surface area contributed by atoms with Crippen molar-refractivity contribution in [2.75, 3.05) is 0 Å². The molecule has 1 N–H and O–H groups in total. The molecule has 3 aromatic carbocycles. The van der Waals surface area contributed by atoms with Gasteiger partial charge in [-0.2, -0.15) is 0 Å². The quantitative estimate of drug-likeness (QED) is 0.458. The summed E-state index contributed by atoms with van der Waals surface area (Å²) < 4.78 is 0. The molecule has 3 aromatic rings. The van der Waals surface area contributed by atoms with Crippen molar-refractivity contribution in [1.29, 1.82) is 0 Å². The predicted octanol–water partition coefficient (Wildman–Crippen LogP) is 5.71. The molecule has 0 saturated carbocycles. The standard InChI is InChI=1S/C31H38N2O2/c1-22-12-14-26(15-13-22)21-33(29(34)20-27-17-23(2)16-24(3)18-27)28(30(35)32-31(4,5)6)19-25-10-8-7-9-11-25/h7-18,28H,19-21H2,1-6H3,(H,32,35)/t28-/m0/s1. The molecule has 0 aliphatic carbocycles. The fraction of sp³-hybridized carbons (Fsp3) is 0.355. The van der Waals surface area contributed by atoms with Gasteiger partial charge in [0.1, 0.15) is 6.04 Å². The van der Waals surface area contributed by atoms with Crippen molar-refractivity contribution < 1.29 is 9.59 Å². The molecule has 4 heteroatoms. The highest BCUT2D eigenvalue weighted by atomic mass is 16.2. The predicted molar refractivity (Wildman–Crippen MR) is 143 cm³/mol. The van der Waals surface area contributed by atoms with Crippen LogP contribution >= 0.6 is 0 Å². The molecule has 0 aliphatic heterocycles. The van der Waals surface area contributed by atoms with Crippen molar-refractivity contribution in [3.63, 3.8) is 0 Å². The van der Waals surface area contributed by atoms with Gasteiger partial charge in [0, 0.05) is 18.5 Å². The summed E-state index contributed by atoms with van der Waals surface area (Å²) >= 11 is 0. The number of benzene rings is 3. The molecule has 0 unspecified atom stereocenters. The fourth-order valence-corrected chi connectivity index (χ4v) is 4.34. The molecule has 0 aliphatic rings. The Morgan fingerprint density at radius 2 is 1.37 bits per heavy atom. The van der Waals surface area contributed by atoms with E-state index < -0.39 is 11.6 Å². The Morgan fingerprint density at radius 3 is 1.94 bits per heavy atom. The first kappa shape index (κ1) is 26.2. The second-order valence-corrected chi connectivity index (χ2v) is 10.6. The van der Waals surface area contributed by atoms with Gasteiger partial charge in [0.25, 0.3) is 0 Å². The molecule has 0 radical (unpaired) electrons. The van der Waals surface area contributed by atoms with E-state index in [1.165, 1.54) is 0 Å². The Morgan fingerprint density at radius 1 is 0.771 bits per heavy atom. The third kappa shape index (κ3) is 8.10. The van der Waals surface area contributed by atoms with Gasteiger partial charge in [-0.3, -0.25) is 9.59 Å². The Hall–Kier alpha value is -3.40. The zero-order valence-corrected chi connectivity index (χ0v) is 21.9. The molecule has 0 aromatic heterocycles. The molecule has 4 nitrogen and oxygen atoms in total. The maximum absolute atomic E-state index is 13.9. The minimum absolute atomic E-state index is 0.0550. The second-order valence-electron chi connectivity index (χ2n) is 10.6. The van der Waals surface area contributed by atoms with Gasteiger partial charge in [-0.25, -0.2) is 0 Å². The Kier molecular flexibility index (Phi) is 8.50. The lowest BCUT2D eigenvalue weighted by Crippen LogP contribution is -2.54. The smallest absolute Gasteiger partial charge is 0.243 e. The van der Waals surface area contributed by atoms with Crippen LogP contribution in [-0.4, -0.2) is 28.3 Å². The van der Waals surface area contributed by atoms with E-state index in [0.29, 0.717) is 13.0 Å². The summed E-state index contributed by atoms with van der Waals surface area (Å²) in [7, 11) is 0. The summed E-state index contributed by atoms with van der Waals surface area (Å²) in [5.41, 5.74) is 6.01. The van der Waals surface area contributed by atoms with Crippen LogP contribution in [0.3, 0.4) is 0 Å². The molecule has 1 atom stereocenters. The summed E-state index contributed by atoms with van der Waals surface area (Å²) in [6.07, 6.45) is 0.704. The summed E-state index contributed by atoms with van der Waals surface area (Å²) in [6, 6.07) is 23.7. The second kappa shape index (κ2) is 11.4. The van der Waals surface area contributed by atoms with E-state index in [4.69, 9.17) is 0 Å². The van der Waals surface area contributed by atoms with E-state index in [-0.39, 0.29) is 18.2 Å². The van der Waals surface area contributed by atoms with E-state index in [9.17, 15) is 9.59 Å². The summed E-state index contributed by atoms with van der Waals surface area (Å²) in [5, 5.41) is 3.12. The molecule has 0 bridgehead atoms. The van der Waals surface area contributed by atoms with Gasteiger partial charge in [0.15, 0.2) is 0 Å². The highest BCUT2D eigenvalue weighted by molar-refractivity contribution is 5.89. The molecule has 35 heavy (non-hydrogen) atoms. The van der Waals surface area contributed by atoms with Crippen molar-refractivity contribution in [2.24, 2.45) is 0 Å². The van der Waals surface area contributed by atoms with Gasteiger partial charge < -0.3 is 10.2 Å². The first-order valence-electron chi connectivity index (χ1n) is 12.3. The van der Waals surface area contributed by atoms with Crippen LogP contribution in [0.4, 0.5) is 0 Å². The highest BCUT2D eigenvalue weighted by Crippen LogP contribution is 2.19. The Bertz CT molecular complexity index is 1120. The number of nitrogens with zero attached hydrogens (tertiary/aromatic N) is 1. The molecule has 0 heterocycles. The van der Waals surface area contributed by atoms with Gasteiger partial charge in [-0.1, -0.05) is 89.5 Å². The monoisotopic (exact) mass is 470 g/mol. The minimum atomic E-state index is -0.628. The SMILES string of the molecule is Cc1ccc(CN(C(=O)Cc2cc(C)cc(C)c2)[C@@H](Cc2ccccc2)C(=O)NC(C)(C)C)cc1. The zero-order valence-electron chi connectivity index (χ0n) is 21.9. The lowest BCUT2D eigenvalue weighted by Gasteiger charge is -2.34. The molecule has 0 spiro atoms. The number of rotatable bonds is 8. The average Bonchev–Trinajstić information content (AvgIpc) is 2.76. The van der Waals surface area contributed by atoms with Gasteiger partial charge >= 0.3 is 0 Å². The van der Waals surface area contributed by atoms with E-state index in [2.05, 4.69) is 23.5 Å². The van der Waals surface area contributed by atoms with Crippen molar-refractivity contribution in [3.05, 3.63) is 106 Å². The van der Waals surface area contributed by atoms with E-state index in [1.807, 2.05) is 96.1 Å². The Balaban J connectivity index is 2.00. The summed E-state index contributed by atoms with van der Waals surface area (Å²) in [6.45, 7) is 12.4.